The van der Waals surface area contributed by atoms with Crippen molar-refractivity contribution < 1.29 is 52.5 Å². The summed E-state index contributed by atoms with van der Waals surface area (Å²) in [5.74, 6) is 0.423. The molecule has 0 radical (unpaired) electrons. The summed E-state index contributed by atoms with van der Waals surface area (Å²) in [4.78, 5) is 104. The molecule has 0 unspecified atom stereocenters. The molecule has 4 aliphatic rings. The molecular formula is C76H88Cl4N10O11. The molecule has 0 aliphatic carbocycles. The van der Waals surface area contributed by atoms with Gasteiger partial charge in [0.05, 0.1) is 89.2 Å². The summed E-state index contributed by atoms with van der Waals surface area (Å²) in [6.07, 6.45) is 0. The molecule has 4 aliphatic heterocycles. The number of amides is 8. The van der Waals surface area contributed by atoms with E-state index in [9.17, 15) is 19.2 Å². The van der Waals surface area contributed by atoms with Gasteiger partial charge in [-0.05, 0) is 131 Å². The van der Waals surface area contributed by atoms with Gasteiger partial charge in [0.2, 0.25) is 23.6 Å². The van der Waals surface area contributed by atoms with E-state index in [0.717, 1.165) is 33.4 Å². The van der Waals surface area contributed by atoms with Crippen LogP contribution in [0.25, 0.3) is 0 Å². The Morgan fingerprint density at radius 3 is 1.10 bits per heavy atom. The third-order valence-electron chi connectivity index (χ3n) is 17.9. The lowest BCUT2D eigenvalue weighted by Crippen LogP contribution is -2.57. The van der Waals surface area contributed by atoms with Gasteiger partial charge in [-0.15, -0.1) is 0 Å². The van der Waals surface area contributed by atoms with Gasteiger partial charge in [0.1, 0.15) is 48.3 Å². The highest BCUT2D eigenvalue weighted by atomic mass is 35.5. The van der Waals surface area contributed by atoms with E-state index < -0.39 is 36.2 Å². The number of piperazine rings is 2. The molecule has 8 amide bonds. The lowest BCUT2D eigenvalue weighted by atomic mass is 9.86. The molecule has 0 bridgehead atoms. The highest BCUT2D eigenvalue weighted by molar-refractivity contribution is 6.31. The molecule has 6 aromatic rings. The fourth-order valence-electron chi connectivity index (χ4n) is 12.5. The maximum atomic E-state index is 15.2. The molecule has 536 valence electrons. The number of rotatable bonds is 26. The maximum absolute atomic E-state index is 15.2. The van der Waals surface area contributed by atoms with Crippen LogP contribution in [-0.4, -0.2) is 195 Å². The first-order valence-corrected chi connectivity index (χ1v) is 35.6. The number of nitrogens with one attached hydrogen (secondary N) is 2. The fourth-order valence-corrected chi connectivity index (χ4v) is 13.0. The molecule has 0 saturated carbocycles. The van der Waals surface area contributed by atoms with Crippen molar-refractivity contribution in [1.82, 2.24) is 40.0 Å². The molecular weight excluding hydrogens is 1370 g/mol. The van der Waals surface area contributed by atoms with E-state index in [4.69, 9.17) is 80.1 Å². The number of hydrogen-bond acceptors (Lipinski definition) is 13. The molecule has 25 heteroatoms. The molecule has 21 nitrogen and oxygen atoms in total. The molecule has 2 N–H and O–H groups in total. The monoisotopic (exact) mass is 1460 g/mol. The SMILES string of the molecule is CCOc1cc(C(C)(C)C)ccc1C1=N[C@@H](c2ccc(Cl)cc2)[C@@H](c2ccc(Cl)cc2)N1C(=O)N1CCN(CC(=O)NCCOCCOCCOCCNC(=O)CN2CCN(C(=O)N3C(c4ccc(C(C)(C)C)cc4OCC)=N[C@@H](c4ccc(Cl)cc4)[C@H]3c3ccc(Cl)cc3)CC2=O)C(=O)C1. The van der Waals surface area contributed by atoms with Crippen LogP contribution in [0, 0.1) is 0 Å². The molecule has 2 fully saturated rings. The maximum Gasteiger partial charge on any atom is 0.326 e. The van der Waals surface area contributed by atoms with Crippen LogP contribution < -0.4 is 20.1 Å². The zero-order chi connectivity index (χ0) is 72.1. The summed E-state index contributed by atoms with van der Waals surface area (Å²) >= 11 is 25.6. The van der Waals surface area contributed by atoms with Crippen LogP contribution in [0.3, 0.4) is 0 Å². The van der Waals surface area contributed by atoms with E-state index in [2.05, 4.69) is 52.2 Å². The zero-order valence-corrected chi connectivity index (χ0v) is 61.3. The van der Waals surface area contributed by atoms with Gasteiger partial charge in [-0.3, -0.25) is 39.0 Å². The normalized spacial score (nSPS) is 18.1. The second kappa shape index (κ2) is 34.1. The fraction of sp³-hybridized carbons (Fsp3) is 0.421. The average Bonchev–Trinajstić information content (AvgIpc) is 1.61. The second-order valence-corrected chi connectivity index (χ2v) is 28.7. The lowest BCUT2D eigenvalue weighted by molar-refractivity contribution is -0.139. The van der Waals surface area contributed by atoms with Gasteiger partial charge in [0.25, 0.3) is 0 Å². The summed E-state index contributed by atoms with van der Waals surface area (Å²) in [5, 5.41) is 7.80. The van der Waals surface area contributed by atoms with Crippen molar-refractivity contribution in [2.75, 3.05) is 118 Å². The molecule has 0 aromatic heterocycles. The Labute approximate surface area is 610 Å². The largest absolute Gasteiger partial charge is 0.493 e. The minimum absolute atomic E-state index is 0.125. The summed E-state index contributed by atoms with van der Waals surface area (Å²) in [5.41, 5.74) is 6.17. The first-order valence-electron chi connectivity index (χ1n) is 34.1. The van der Waals surface area contributed by atoms with Crippen LogP contribution in [0.4, 0.5) is 9.59 Å². The first kappa shape index (κ1) is 75.4. The topological polar surface area (TPSA) is 217 Å². The van der Waals surface area contributed by atoms with Gasteiger partial charge in [-0.25, -0.2) is 9.59 Å². The number of benzene rings is 6. The number of hydrogen-bond donors (Lipinski definition) is 2. The smallest absolute Gasteiger partial charge is 0.326 e. The van der Waals surface area contributed by atoms with Crippen LogP contribution >= 0.6 is 46.4 Å². The molecule has 101 heavy (non-hydrogen) atoms. The molecule has 6 aromatic carbocycles. The Kier molecular flexibility index (Phi) is 25.5. The van der Waals surface area contributed by atoms with Gasteiger partial charge < -0.3 is 53.9 Å². The Morgan fingerprint density at radius 1 is 0.455 bits per heavy atom. The summed E-state index contributed by atoms with van der Waals surface area (Å²) in [6, 6.07) is 38.0. The summed E-state index contributed by atoms with van der Waals surface area (Å²) in [7, 11) is 0. The number of carbonyl (C=O) groups is 6. The quantitative estimate of drug-likeness (QED) is 0.0487. The number of aliphatic imine (C=N–C) groups is 2. The summed E-state index contributed by atoms with van der Waals surface area (Å²) in [6.45, 7) is 18.8. The number of ether oxygens (including phenoxy) is 5. The molecule has 2 saturated heterocycles. The highest BCUT2D eigenvalue weighted by Gasteiger charge is 2.48. The van der Waals surface area contributed by atoms with Crippen molar-refractivity contribution in [2.45, 2.75) is 90.4 Å². The van der Waals surface area contributed by atoms with E-state index >= 15 is 9.59 Å². The van der Waals surface area contributed by atoms with E-state index in [0.29, 0.717) is 67.6 Å². The standard InChI is InChI=1S/C76H88Cl4N10O11/c1-9-100-61-43-53(75(3,4)5)19-29-59(61)71-83-67(49-11-21-55(77)22-12-49)69(51-15-25-57(79)26-16-51)89(71)73(95)87-35-33-85(65(93)47-87)45-63(91)81-31-37-97-39-41-99-42-40-98-38-32-82-64(92)46-86-34-36-88(48-66(86)94)74(96)90-70(52-17-27-58(80)28-18-52)68(50-13-23-56(78)24-14-50)84-72(90)60-30-20-54(76(6,7)8)44-62(60)101-10-2/h11-30,43-44,67-70H,9-10,31-42,45-48H2,1-8H3,(H,81,91)(H,82,92)/t67-,68-,69+,70+/m0/s1. The molecule has 4 atom stereocenters. The van der Waals surface area contributed by atoms with Crippen LogP contribution in [0.15, 0.2) is 143 Å². The van der Waals surface area contributed by atoms with E-state index in [1.807, 2.05) is 98.8 Å². The van der Waals surface area contributed by atoms with Gasteiger partial charge in [0, 0.05) is 59.4 Å². The lowest BCUT2D eigenvalue weighted by Gasteiger charge is -2.38. The van der Waals surface area contributed by atoms with Crippen molar-refractivity contribution in [3.63, 3.8) is 0 Å². The van der Waals surface area contributed by atoms with Gasteiger partial charge in [-0.1, -0.05) is 149 Å². The van der Waals surface area contributed by atoms with E-state index in [1.54, 1.807) is 58.3 Å². The van der Waals surface area contributed by atoms with Crippen LogP contribution in [0.1, 0.15) is 124 Å². The number of urea groups is 2. The van der Waals surface area contributed by atoms with Crippen LogP contribution in [0.5, 0.6) is 11.5 Å². The first-order chi connectivity index (χ1) is 48.4. The van der Waals surface area contributed by atoms with Gasteiger partial charge in [0.15, 0.2) is 0 Å². The number of nitrogens with zero attached hydrogens (tertiary/aromatic N) is 8. The minimum Gasteiger partial charge on any atom is -0.493 e. The Bertz CT molecular complexity index is 3730. The van der Waals surface area contributed by atoms with Gasteiger partial charge in [-0.2, -0.15) is 0 Å². The molecule has 4 heterocycles. The van der Waals surface area contributed by atoms with Crippen LogP contribution in [-0.2, 0) is 44.2 Å². The van der Waals surface area contributed by atoms with Crippen molar-refractivity contribution in [2.24, 2.45) is 9.98 Å². The zero-order valence-electron chi connectivity index (χ0n) is 58.3. The number of amidine groups is 2. The number of halogens is 4. The van der Waals surface area contributed by atoms with Crippen molar-refractivity contribution in [3.8, 4) is 11.5 Å². The minimum atomic E-state index is -0.650. The second-order valence-electron chi connectivity index (χ2n) is 27.0. The average molecular weight is 1460 g/mol. The summed E-state index contributed by atoms with van der Waals surface area (Å²) < 4.78 is 29.5. The third kappa shape index (κ3) is 18.9. The predicted molar refractivity (Wildman–Crippen MR) is 392 cm³/mol. The van der Waals surface area contributed by atoms with Crippen molar-refractivity contribution >= 4 is 93.8 Å². The highest BCUT2D eigenvalue weighted by Crippen LogP contribution is 2.48. The Hall–Kier alpha value is -8.28. The van der Waals surface area contributed by atoms with Crippen molar-refractivity contribution in [1.29, 1.82) is 0 Å². The number of carbonyl (C=O) groups excluding carboxylic acids is 6. The van der Waals surface area contributed by atoms with Crippen LogP contribution in [0.2, 0.25) is 20.1 Å². The van der Waals surface area contributed by atoms with Gasteiger partial charge >= 0.3 is 12.1 Å². The van der Waals surface area contributed by atoms with Crippen molar-refractivity contribution in [3.05, 3.63) is 198 Å². The van der Waals surface area contributed by atoms with E-state index in [-0.39, 0.29) is 140 Å². The predicted octanol–water partition coefficient (Wildman–Crippen LogP) is 12.3. The van der Waals surface area contributed by atoms with E-state index in [1.165, 1.54) is 19.6 Å². The molecule has 10 rings (SSSR count). The Balaban J connectivity index is 0.637. The third-order valence-corrected chi connectivity index (χ3v) is 18.9. The molecule has 0 spiro atoms. The Morgan fingerprint density at radius 2 is 0.782 bits per heavy atom.